The van der Waals surface area contributed by atoms with Crippen molar-refractivity contribution < 1.29 is 14.3 Å². The molecule has 1 unspecified atom stereocenters. The highest BCUT2D eigenvalue weighted by molar-refractivity contribution is 5.94. The Labute approximate surface area is 220 Å². The molecule has 5 aromatic rings. The maximum Gasteiger partial charge on any atom is 0.247 e. The van der Waals surface area contributed by atoms with Gasteiger partial charge in [-0.3, -0.25) is 4.79 Å². The Morgan fingerprint density at radius 3 is 2.47 bits per heavy atom. The van der Waals surface area contributed by atoms with Crippen molar-refractivity contribution in [1.82, 2.24) is 9.88 Å². The summed E-state index contributed by atoms with van der Waals surface area (Å²) in [6.07, 6.45) is 4.34. The summed E-state index contributed by atoms with van der Waals surface area (Å²) in [5, 5.41) is 1.21. The van der Waals surface area contributed by atoms with Gasteiger partial charge in [0.15, 0.2) is 11.5 Å². The first-order valence-corrected chi connectivity index (χ1v) is 12.9. The van der Waals surface area contributed by atoms with Gasteiger partial charge >= 0.3 is 0 Å². The lowest BCUT2D eigenvalue weighted by atomic mass is 9.91. The van der Waals surface area contributed by atoms with Crippen LogP contribution in [0, 0.1) is 0 Å². The Morgan fingerprint density at radius 2 is 1.63 bits per heavy atom. The normalized spacial score (nSPS) is 16.2. The van der Waals surface area contributed by atoms with E-state index < -0.39 is 0 Å². The summed E-state index contributed by atoms with van der Waals surface area (Å²) in [5.74, 6) is 1.42. The lowest BCUT2D eigenvalue weighted by Crippen LogP contribution is -2.39. The average Bonchev–Trinajstić information content (AvgIpc) is 3.60. The lowest BCUT2D eigenvalue weighted by molar-refractivity contribution is -0.128. The van der Waals surface area contributed by atoms with Gasteiger partial charge in [-0.05, 0) is 58.5 Å². The molecule has 1 amide bonds. The van der Waals surface area contributed by atoms with E-state index in [1.165, 1.54) is 16.5 Å². The topological polar surface area (TPSA) is 54.6 Å². The third kappa shape index (κ3) is 3.93. The molecule has 1 N–H and O–H groups in total. The number of rotatable bonds is 4. The van der Waals surface area contributed by atoms with Crippen molar-refractivity contribution >= 4 is 22.9 Å². The van der Waals surface area contributed by atoms with Crippen molar-refractivity contribution in [3.05, 3.63) is 126 Å². The molecule has 0 spiro atoms. The molecule has 0 saturated heterocycles. The van der Waals surface area contributed by atoms with Gasteiger partial charge < -0.3 is 19.4 Å². The minimum atomic E-state index is -0.270. The van der Waals surface area contributed by atoms with Gasteiger partial charge in [0.1, 0.15) is 0 Å². The second-order valence-electron chi connectivity index (χ2n) is 9.68. The van der Waals surface area contributed by atoms with E-state index in [0.717, 1.165) is 40.1 Å². The molecule has 1 aromatic heterocycles. The van der Waals surface area contributed by atoms with E-state index in [0.29, 0.717) is 12.3 Å². The van der Waals surface area contributed by atoms with Crippen LogP contribution in [-0.4, -0.2) is 29.1 Å². The van der Waals surface area contributed by atoms with E-state index in [2.05, 4.69) is 47.4 Å². The molecule has 1 atom stereocenters. The molecule has 2 aliphatic heterocycles. The number of nitrogens with zero attached hydrogens (tertiary/aromatic N) is 1. The molecule has 0 saturated carbocycles. The summed E-state index contributed by atoms with van der Waals surface area (Å²) in [5.41, 5.74) is 7.72. The van der Waals surface area contributed by atoms with Gasteiger partial charge in [0, 0.05) is 29.2 Å². The molecular formula is C33H26N2O3. The predicted octanol–water partition coefficient (Wildman–Crippen LogP) is 6.75. The van der Waals surface area contributed by atoms with Gasteiger partial charge in [0.25, 0.3) is 0 Å². The zero-order chi connectivity index (χ0) is 25.5. The number of hydrogen-bond acceptors (Lipinski definition) is 3. The van der Waals surface area contributed by atoms with Crippen LogP contribution in [-0.2, 0) is 11.2 Å². The monoisotopic (exact) mass is 498 g/mol. The molecule has 5 heteroatoms. The van der Waals surface area contributed by atoms with Crippen molar-refractivity contribution in [2.75, 3.05) is 13.3 Å². The van der Waals surface area contributed by atoms with E-state index in [1.807, 2.05) is 65.6 Å². The quantitative estimate of drug-likeness (QED) is 0.279. The maximum atomic E-state index is 13.6. The minimum Gasteiger partial charge on any atom is -0.454 e. The number of carbonyl (C=O) groups is 1. The van der Waals surface area contributed by atoms with Gasteiger partial charge in [-0.25, -0.2) is 0 Å². The molecular weight excluding hydrogens is 472 g/mol. The number of benzene rings is 4. The standard InChI is InChI=1S/C33H26N2O3/c36-31(16-11-22-7-3-1-4-8-22)35-18-17-27-26-14-12-24(23-9-5-2-6-10-23)19-28(26)34-32(27)33(35)25-13-15-29-30(20-25)38-21-37-29/h1-16,19-20,33-34H,17-18,21H2. The molecule has 3 heterocycles. The van der Waals surface area contributed by atoms with Crippen LogP contribution < -0.4 is 9.47 Å². The molecule has 0 fully saturated rings. The fourth-order valence-corrected chi connectivity index (χ4v) is 5.60. The maximum absolute atomic E-state index is 13.6. The van der Waals surface area contributed by atoms with Crippen molar-refractivity contribution in [2.45, 2.75) is 12.5 Å². The molecule has 186 valence electrons. The number of nitrogens with one attached hydrogen (secondary N) is 1. The average molecular weight is 499 g/mol. The van der Waals surface area contributed by atoms with Crippen molar-refractivity contribution in [3.8, 4) is 22.6 Å². The molecule has 2 aliphatic rings. The summed E-state index contributed by atoms with van der Waals surface area (Å²) < 4.78 is 11.2. The summed E-state index contributed by atoms with van der Waals surface area (Å²) in [6, 6.07) is 32.6. The molecule has 4 aromatic carbocycles. The highest BCUT2D eigenvalue weighted by atomic mass is 16.7. The van der Waals surface area contributed by atoms with E-state index in [4.69, 9.17) is 9.47 Å². The van der Waals surface area contributed by atoms with Crippen LogP contribution in [0.25, 0.3) is 28.1 Å². The van der Waals surface area contributed by atoms with Crippen LogP contribution in [0.4, 0.5) is 0 Å². The minimum absolute atomic E-state index is 0.0224. The van der Waals surface area contributed by atoms with E-state index in [1.54, 1.807) is 6.08 Å². The summed E-state index contributed by atoms with van der Waals surface area (Å²) in [4.78, 5) is 19.3. The number of H-pyrrole nitrogens is 1. The Morgan fingerprint density at radius 1 is 0.842 bits per heavy atom. The number of carbonyl (C=O) groups excluding carboxylic acids is 1. The Hall–Kier alpha value is -4.77. The van der Waals surface area contributed by atoms with Crippen LogP contribution in [0.2, 0.25) is 0 Å². The first kappa shape index (κ1) is 22.4. The van der Waals surface area contributed by atoms with E-state index in [9.17, 15) is 4.79 Å². The largest absolute Gasteiger partial charge is 0.454 e. The molecule has 0 aliphatic carbocycles. The summed E-state index contributed by atoms with van der Waals surface area (Å²) in [6.45, 7) is 0.837. The van der Waals surface area contributed by atoms with Crippen molar-refractivity contribution in [3.63, 3.8) is 0 Å². The zero-order valence-corrected chi connectivity index (χ0v) is 20.8. The number of hydrogen-bond donors (Lipinski definition) is 1. The van der Waals surface area contributed by atoms with Gasteiger partial charge in [0.05, 0.1) is 6.04 Å². The number of amides is 1. The van der Waals surface area contributed by atoms with Crippen LogP contribution in [0.3, 0.4) is 0 Å². The second kappa shape index (κ2) is 9.27. The van der Waals surface area contributed by atoms with Crippen LogP contribution in [0.5, 0.6) is 11.5 Å². The second-order valence-corrected chi connectivity index (χ2v) is 9.68. The Balaban J connectivity index is 1.32. The highest BCUT2D eigenvalue weighted by Crippen LogP contribution is 2.42. The molecule has 38 heavy (non-hydrogen) atoms. The fourth-order valence-electron chi connectivity index (χ4n) is 5.60. The third-order valence-corrected chi connectivity index (χ3v) is 7.45. The predicted molar refractivity (Wildman–Crippen MR) is 149 cm³/mol. The first-order chi connectivity index (χ1) is 18.7. The van der Waals surface area contributed by atoms with E-state index >= 15 is 0 Å². The summed E-state index contributed by atoms with van der Waals surface area (Å²) >= 11 is 0. The third-order valence-electron chi connectivity index (χ3n) is 7.45. The van der Waals surface area contributed by atoms with Crippen LogP contribution in [0.1, 0.15) is 28.4 Å². The molecule has 0 bridgehead atoms. The van der Waals surface area contributed by atoms with Crippen molar-refractivity contribution in [1.29, 1.82) is 0 Å². The molecule has 7 rings (SSSR count). The van der Waals surface area contributed by atoms with Crippen molar-refractivity contribution in [2.24, 2.45) is 0 Å². The number of aromatic amines is 1. The zero-order valence-electron chi connectivity index (χ0n) is 20.8. The number of ether oxygens (including phenoxy) is 2. The number of fused-ring (bicyclic) bond motifs is 4. The smallest absolute Gasteiger partial charge is 0.247 e. The van der Waals surface area contributed by atoms with Gasteiger partial charge in [0.2, 0.25) is 12.7 Å². The number of aromatic nitrogens is 1. The lowest BCUT2D eigenvalue weighted by Gasteiger charge is -2.35. The summed E-state index contributed by atoms with van der Waals surface area (Å²) in [7, 11) is 0. The Bertz CT molecular complexity index is 1670. The van der Waals surface area contributed by atoms with E-state index in [-0.39, 0.29) is 18.7 Å². The van der Waals surface area contributed by atoms with Gasteiger partial charge in [-0.1, -0.05) is 78.9 Å². The SMILES string of the molecule is O=C(C=Cc1ccccc1)N1CCc2c([nH]c3cc(-c4ccccc4)ccc23)C1c1ccc2c(c1)OCO2. The molecule has 5 nitrogen and oxygen atoms in total. The van der Waals surface area contributed by atoms with Gasteiger partial charge in [-0.2, -0.15) is 0 Å². The van der Waals surface area contributed by atoms with Crippen LogP contribution >= 0.6 is 0 Å². The van der Waals surface area contributed by atoms with Crippen LogP contribution in [0.15, 0.2) is 103 Å². The first-order valence-electron chi connectivity index (χ1n) is 12.9. The highest BCUT2D eigenvalue weighted by Gasteiger charge is 2.34. The fraction of sp³-hybridized carbons (Fsp3) is 0.121. The Kier molecular flexibility index (Phi) is 5.47. The molecule has 0 radical (unpaired) electrons. The van der Waals surface area contributed by atoms with Gasteiger partial charge in [-0.15, -0.1) is 0 Å².